The van der Waals surface area contributed by atoms with Crippen LogP contribution in [0.25, 0.3) is 5.82 Å². The van der Waals surface area contributed by atoms with Gasteiger partial charge in [0.05, 0.1) is 7.11 Å². The van der Waals surface area contributed by atoms with Gasteiger partial charge in [-0.15, -0.1) is 5.10 Å². The van der Waals surface area contributed by atoms with Crippen LogP contribution in [-0.2, 0) is 9.53 Å². The molecule has 0 aliphatic heterocycles. The molecule has 0 aliphatic carbocycles. The average molecular weight is 408 g/mol. The Bertz CT molecular complexity index is 618. The molecular formula is C12H11ClIN3O3. The summed E-state index contributed by atoms with van der Waals surface area (Å²) < 4.78 is 12.2. The fraction of sp³-hybridized carbons (Fsp3) is 0.250. The molecule has 0 N–H and O–H groups in total. The fourth-order valence-electron chi connectivity index (χ4n) is 1.45. The van der Waals surface area contributed by atoms with E-state index in [4.69, 9.17) is 16.3 Å². The monoisotopic (exact) mass is 407 g/mol. The van der Waals surface area contributed by atoms with Crippen molar-refractivity contribution in [3.63, 3.8) is 0 Å². The maximum absolute atomic E-state index is 11.4. The largest absolute Gasteiger partial charge is 0.466 e. The Labute approximate surface area is 134 Å². The summed E-state index contributed by atoms with van der Waals surface area (Å²) in [4.78, 5) is 15.5. The van der Waals surface area contributed by atoms with Crippen LogP contribution < -0.4 is 4.74 Å². The third-order valence-corrected chi connectivity index (χ3v) is 4.09. The number of halogens is 2. The molecule has 1 unspecified atom stereocenters. The number of ether oxygens (including phenoxy) is 2. The summed E-state index contributed by atoms with van der Waals surface area (Å²) >= 11 is 8.20. The average Bonchev–Trinajstić information content (AvgIpc) is 2.75. The maximum Gasteiger partial charge on any atom is 0.346 e. The summed E-state index contributed by atoms with van der Waals surface area (Å²) in [5.41, 5.74) is 0. The van der Waals surface area contributed by atoms with E-state index in [1.54, 1.807) is 29.9 Å². The van der Waals surface area contributed by atoms with Gasteiger partial charge in [-0.2, -0.15) is 0 Å². The first-order valence-electron chi connectivity index (χ1n) is 5.64. The van der Waals surface area contributed by atoms with Crippen LogP contribution in [0.2, 0.25) is 5.02 Å². The number of carbonyl (C=O) groups excluding carboxylic acids is 1. The number of nitrogens with zero attached hydrogens (tertiary/aromatic N) is 3. The Morgan fingerprint density at radius 1 is 1.50 bits per heavy atom. The SMILES string of the molecule is COC(=O)C(C)Oc1nn(-c2ccccn2)c(I)c1Cl. The zero-order valence-corrected chi connectivity index (χ0v) is 13.6. The lowest BCUT2D eigenvalue weighted by molar-refractivity contribution is -0.148. The lowest BCUT2D eigenvalue weighted by Gasteiger charge is -2.09. The second kappa shape index (κ2) is 6.40. The molecule has 0 aromatic carbocycles. The Kier molecular flexibility index (Phi) is 4.81. The summed E-state index contributed by atoms with van der Waals surface area (Å²) in [5, 5.41) is 4.55. The highest BCUT2D eigenvalue weighted by molar-refractivity contribution is 14.1. The maximum atomic E-state index is 11.4. The van der Waals surface area contributed by atoms with E-state index < -0.39 is 12.1 Å². The molecule has 0 saturated heterocycles. The van der Waals surface area contributed by atoms with Crippen molar-refractivity contribution in [2.24, 2.45) is 0 Å². The number of aromatic nitrogens is 3. The van der Waals surface area contributed by atoms with Gasteiger partial charge in [0.15, 0.2) is 11.9 Å². The van der Waals surface area contributed by atoms with Gasteiger partial charge in [-0.05, 0) is 41.6 Å². The van der Waals surface area contributed by atoms with Crippen molar-refractivity contribution >= 4 is 40.2 Å². The van der Waals surface area contributed by atoms with Crippen LogP contribution in [0.15, 0.2) is 24.4 Å². The Hall–Kier alpha value is -1.35. The lowest BCUT2D eigenvalue weighted by atomic mass is 10.4. The van der Waals surface area contributed by atoms with Crippen molar-refractivity contribution in [1.82, 2.24) is 14.8 Å². The molecule has 2 aromatic rings. The van der Waals surface area contributed by atoms with Crippen LogP contribution in [0, 0.1) is 3.70 Å². The highest BCUT2D eigenvalue weighted by Gasteiger charge is 2.22. The van der Waals surface area contributed by atoms with Gasteiger partial charge in [0.2, 0.25) is 0 Å². The van der Waals surface area contributed by atoms with Crippen molar-refractivity contribution in [3.8, 4) is 11.7 Å². The first kappa shape index (κ1) is 15.0. The second-order valence-electron chi connectivity index (χ2n) is 3.79. The van der Waals surface area contributed by atoms with Crippen LogP contribution in [-0.4, -0.2) is 33.9 Å². The highest BCUT2D eigenvalue weighted by atomic mass is 127. The predicted molar refractivity (Wildman–Crippen MR) is 81.2 cm³/mol. The molecule has 2 rings (SSSR count). The molecule has 106 valence electrons. The van der Waals surface area contributed by atoms with Crippen LogP contribution in [0.3, 0.4) is 0 Å². The third-order valence-electron chi connectivity index (χ3n) is 2.43. The zero-order valence-electron chi connectivity index (χ0n) is 10.7. The minimum atomic E-state index is -0.791. The van der Waals surface area contributed by atoms with E-state index in [0.717, 1.165) is 0 Å². The number of pyridine rings is 1. The fourth-order valence-corrected chi connectivity index (χ4v) is 2.20. The number of carbonyl (C=O) groups is 1. The third kappa shape index (κ3) is 3.04. The minimum absolute atomic E-state index is 0.166. The van der Waals surface area contributed by atoms with Crippen molar-refractivity contribution in [1.29, 1.82) is 0 Å². The van der Waals surface area contributed by atoms with E-state index in [-0.39, 0.29) is 5.88 Å². The van der Waals surface area contributed by atoms with Gasteiger partial charge in [0.25, 0.3) is 5.88 Å². The molecule has 0 bridgehead atoms. The van der Waals surface area contributed by atoms with Gasteiger partial charge in [-0.25, -0.2) is 14.5 Å². The highest BCUT2D eigenvalue weighted by Crippen LogP contribution is 2.30. The van der Waals surface area contributed by atoms with Crippen LogP contribution >= 0.6 is 34.2 Å². The van der Waals surface area contributed by atoms with E-state index in [1.165, 1.54) is 7.11 Å². The summed E-state index contributed by atoms with van der Waals surface area (Å²) in [6, 6.07) is 5.43. The van der Waals surface area contributed by atoms with E-state index in [9.17, 15) is 4.79 Å². The normalized spacial score (nSPS) is 12.0. The molecule has 0 aliphatic rings. The van der Waals surface area contributed by atoms with Gasteiger partial charge in [-0.3, -0.25) is 0 Å². The van der Waals surface area contributed by atoms with Gasteiger partial charge >= 0.3 is 5.97 Å². The molecule has 1 atom stereocenters. The molecule has 0 fully saturated rings. The molecule has 8 heteroatoms. The number of rotatable bonds is 4. The molecule has 2 heterocycles. The quantitative estimate of drug-likeness (QED) is 0.575. The molecule has 0 amide bonds. The molecule has 0 spiro atoms. The molecule has 0 radical (unpaired) electrons. The van der Waals surface area contributed by atoms with Crippen LogP contribution in [0.1, 0.15) is 6.92 Å². The second-order valence-corrected chi connectivity index (χ2v) is 5.19. The van der Waals surface area contributed by atoms with E-state index in [1.807, 2.05) is 28.7 Å². The Morgan fingerprint density at radius 3 is 2.85 bits per heavy atom. The number of methoxy groups -OCH3 is 1. The summed E-state index contributed by atoms with van der Waals surface area (Å²) in [5.74, 6) is 0.280. The predicted octanol–water partition coefficient (Wildman–Crippen LogP) is 2.47. The van der Waals surface area contributed by atoms with E-state index >= 15 is 0 Å². The van der Waals surface area contributed by atoms with Crippen molar-refractivity contribution in [2.45, 2.75) is 13.0 Å². The Morgan fingerprint density at radius 2 is 2.25 bits per heavy atom. The summed E-state index contributed by atoms with van der Waals surface area (Å²) in [6.45, 7) is 1.56. The molecule has 20 heavy (non-hydrogen) atoms. The lowest BCUT2D eigenvalue weighted by Crippen LogP contribution is -2.25. The van der Waals surface area contributed by atoms with Gasteiger partial charge in [0, 0.05) is 6.20 Å². The van der Waals surface area contributed by atoms with Crippen molar-refractivity contribution in [3.05, 3.63) is 33.1 Å². The van der Waals surface area contributed by atoms with Gasteiger partial charge < -0.3 is 9.47 Å². The van der Waals surface area contributed by atoms with E-state index in [0.29, 0.717) is 14.5 Å². The standard InChI is InChI=1S/C12H11ClIN3O3/c1-7(12(18)19-2)20-11-9(13)10(14)17(16-11)8-5-3-4-6-15-8/h3-7H,1-2H3. The zero-order chi connectivity index (χ0) is 14.7. The summed E-state index contributed by atoms with van der Waals surface area (Å²) in [6.07, 6.45) is 0.860. The van der Waals surface area contributed by atoms with Crippen LogP contribution in [0.4, 0.5) is 0 Å². The topological polar surface area (TPSA) is 66.2 Å². The van der Waals surface area contributed by atoms with Crippen molar-refractivity contribution in [2.75, 3.05) is 7.11 Å². The molecule has 2 aromatic heterocycles. The first-order valence-corrected chi connectivity index (χ1v) is 7.10. The number of esters is 1. The smallest absolute Gasteiger partial charge is 0.346 e. The van der Waals surface area contributed by atoms with Gasteiger partial charge in [0.1, 0.15) is 8.72 Å². The number of hydrogen-bond acceptors (Lipinski definition) is 5. The summed E-state index contributed by atoms with van der Waals surface area (Å²) in [7, 11) is 1.29. The van der Waals surface area contributed by atoms with Crippen LogP contribution in [0.5, 0.6) is 5.88 Å². The molecule has 6 nitrogen and oxygen atoms in total. The molecular weight excluding hydrogens is 397 g/mol. The number of hydrogen-bond donors (Lipinski definition) is 0. The minimum Gasteiger partial charge on any atom is -0.466 e. The molecule has 0 saturated carbocycles. The van der Waals surface area contributed by atoms with Crippen molar-refractivity contribution < 1.29 is 14.3 Å². The Balaban J connectivity index is 2.31. The van der Waals surface area contributed by atoms with Gasteiger partial charge in [-0.1, -0.05) is 17.7 Å². The van der Waals surface area contributed by atoms with E-state index in [2.05, 4.69) is 14.8 Å². The first-order chi connectivity index (χ1) is 9.54.